The van der Waals surface area contributed by atoms with Gasteiger partial charge in [0.05, 0.1) is 6.54 Å². The molecule has 6 heteroatoms. The van der Waals surface area contributed by atoms with Crippen LogP contribution in [0.3, 0.4) is 0 Å². The van der Waals surface area contributed by atoms with E-state index in [4.69, 9.17) is 0 Å². The van der Waals surface area contributed by atoms with Crippen molar-refractivity contribution in [1.29, 1.82) is 0 Å². The van der Waals surface area contributed by atoms with Crippen LogP contribution in [0.4, 0.5) is 0 Å². The van der Waals surface area contributed by atoms with Crippen molar-refractivity contribution >= 4 is 5.91 Å². The highest BCUT2D eigenvalue weighted by atomic mass is 16.2. The molecule has 14 heavy (non-hydrogen) atoms. The Balaban J connectivity index is 2.25. The summed E-state index contributed by atoms with van der Waals surface area (Å²) < 4.78 is 1.86. The average Bonchev–Trinajstić information content (AvgIpc) is 2.61. The molecule has 1 aromatic heterocycles. The Morgan fingerprint density at radius 2 is 2.50 bits per heavy atom. The molecule has 2 N–H and O–H groups in total. The maximum absolute atomic E-state index is 11.5. The number of hydrogen-bond acceptors (Lipinski definition) is 4. The fourth-order valence-corrected chi connectivity index (χ4v) is 1.50. The number of amides is 1. The van der Waals surface area contributed by atoms with Gasteiger partial charge in [-0.25, -0.2) is 0 Å². The molecule has 76 valence electrons. The van der Waals surface area contributed by atoms with Crippen LogP contribution in [-0.2, 0) is 13.1 Å². The maximum atomic E-state index is 11.5. The number of hydrogen-bond donors (Lipinski definition) is 2. The van der Waals surface area contributed by atoms with Crippen LogP contribution in [0.15, 0.2) is 0 Å². The fourth-order valence-electron chi connectivity index (χ4n) is 1.50. The topological polar surface area (TPSA) is 71.8 Å². The Bertz CT molecular complexity index is 346. The van der Waals surface area contributed by atoms with Crippen LogP contribution in [0.25, 0.3) is 0 Å². The van der Waals surface area contributed by atoms with Crippen LogP contribution in [0.1, 0.15) is 23.4 Å². The Kier molecular flexibility index (Phi) is 2.45. The summed E-state index contributed by atoms with van der Waals surface area (Å²) in [5.74, 6) is 1.11. The van der Waals surface area contributed by atoms with E-state index in [-0.39, 0.29) is 5.91 Å². The molecule has 0 spiro atoms. The van der Waals surface area contributed by atoms with E-state index in [1.54, 1.807) is 0 Å². The van der Waals surface area contributed by atoms with Crippen molar-refractivity contribution < 1.29 is 4.79 Å². The first-order chi connectivity index (χ1) is 6.83. The third-order valence-corrected chi connectivity index (χ3v) is 2.16. The van der Waals surface area contributed by atoms with Crippen molar-refractivity contribution in [2.24, 2.45) is 0 Å². The van der Waals surface area contributed by atoms with Crippen molar-refractivity contribution in [2.45, 2.75) is 20.0 Å². The van der Waals surface area contributed by atoms with Crippen molar-refractivity contribution in [3.8, 4) is 0 Å². The normalized spacial score (nSPS) is 14.9. The molecule has 0 aliphatic carbocycles. The smallest absolute Gasteiger partial charge is 0.289 e. The Hall–Kier alpha value is -1.43. The lowest BCUT2D eigenvalue weighted by molar-refractivity contribution is 0.0940. The second-order valence-corrected chi connectivity index (χ2v) is 3.13. The molecular weight excluding hydrogens is 182 g/mol. The van der Waals surface area contributed by atoms with E-state index in [0.717, 1.165) is 18.9 Å². The predicted molar refractivity (Wildman–Crippen MR) is 49.7 cm³/mol. The summed E-state index contributed by atoms with van der Waals surface area (Å²) in [5.41, 5.74) is 0. The predicted octanol–water partition coefficient (Wildman–Crippen LogP) is -0.869. The van der Waals surface area contributed by atoms with E-state index in [2.05, 4.69) is 20.8 Å². The number of nitrogens with zero attached hydrogens (tertiary/aromatic N) is 3. The summed E-state index contributed by atoms with van der Waals surface area (Å²) in [5, 5.41) is 13.7. The quantitative estimate of drug-likeness (QED) is 0.643. The van der Waals surface area contributed by atoms with Gasteiger partial charge >= 0.3 is 0 Å². The lowest BCUT2D eigenvalue weighted by atomic mass is 10.4. The van der Waals surface area contributed by atoms with Gasteiger partial charge in [0, 0.05) is 19.6 Å². The zero-order valence-corrected chi connectivity index (χ0v) is 8.08. The molecule has 0 radical (unpaired) electrons. The Morgan fingerprint density at radius 1 is 1.64 bits per heavy atom. The van der Waals surface area contributed by atoms with E-state index in [0.29, 0.717) is 18.9 Å². The van der Waals surface area contributed by atoms with Crippen LogP contribution in [0.2, 0.25) is 0 Å². The third-order valence-electron chi connectivity index (χ3n) is 2.16. The number of aromatic nitrogens is 3. The highest BCUT2D eigenvalue weighted by Gasteiger charge is 2.19. The molecule has 0 bridgehead atoms. The van der Waals surface area contributed by atoms with Crippen LogP contribution in [0.5, 0.6) is 0 Å². The van der Waals surface area contributed by atoms with Gasteiger partial charge in [-0.1, -0.05) is 0 Å². The standard InChI is InChI=1S/C8H13N5O/c1-2-10-8(14)7-12-11-6-5-9-3-4-13(6)7/h9H,2-5H2,1H3,(H,10,14). The average molecular weight is 195 g/mol. The molecule has 1 aliphatic rings. The first-order valence-corrected chi connectivity index (χ1v) is 4.74. The molecule has 0 aromatic carbocycles. The molecule has 1 aromatic rings. The number of rotatable bonds is 2. The first-order valence-electron chi connectivity index (χ1n) is 4.74. The summed E-state index contributed by atoms with van der Waals surface area (Å²) >= 11 is 0. The highest BCUT2D eigenvalue weighted by Crippen LogP contribution is 2.05. The number of carbonyl (C=O) groups excluding carboxylic acids is 1. The second-order valence-electron chi connectivity index (χ2n) is 3.13. The summed E-state index contributed by atoms with van der Waals surface area (Å²) in [4.78, 5) is 11.5. The van der Waals surface area contributed by atoms with Gasteiger partial charge in [-0.2, -0.15) is 0 Å². The summed E-state index contributed by atoms with van der Waals surface area (Å²) in [6, 6.07) is 0. The number of fused-ring (bicyclic) bond motifs is 1. The molecule has 2 rings (SSSR count). The van der Waals surface area contributed by atoms with Gasteiger partial charge in [0.2, 0.25) is 5.82 Å². The zero-order valence-electron chi connectivity index (χ0n) is 8.08. The fraction of sp³-hybridized carbons (Fsp3) is 0.625. The minimum absolute atomic E-state index is 0.145. The molecular formula is C8H13N5O. The molecule has 2 heterocycles. The van der Waals surface area contributed by atoms with Crippen LogP contribution < -0.4 is 10.6 Å². The number of nitrogens with one attached hydrogen (secondary N) is 2. The summed E-state index contributed by atoms with van der Waals surface area (Å²) in [7, 11) is 0. The van der Waals surface area contributed by atoms with E-state index >= 15 is 0 Å². The lowest BCUT2D eigenvalue weighted by Crippen LogP contribution is -2.32. The minimum Gasteiger partial charge on any atom is -0.350 e. The Labute approximate surface area is 81.7 Å². The lowest BCUT2D eigenvalue weighted by Gasteiger charge is -2.15. The van der Waals surface area contributed by atoms with E-state index < -0.39 is 0 Å². The van der Waals surface area contributed by atoms with E-state index in [1.165, 1.54) is 0 Å². The van der Waals surface area contributed by atoms with Crippen molar-refractivity contribution in [3.05, 3.63) is 11.6 Å². The monoisotopic (exact) mass is 195 g/mol. The van der Waals surface area contributed by atoms with Gasteiger partial charge in [-0.05, 0) is 6.92 Å². The van der Waals surface area contributed by atoms with Crippen LogP contribution in [0, 0.1) is 0 Å². The maximum Gasteiger partial charge on any atom is 0.289 e. The minimum atomic E-state index is -0.145. The largest absolute Gasteiger partial charge is 0.350 e. The highest BCUT2D eigenvalue weighted by molar-refractivity contribution is 5.90. The van der Waals surface area contributed by atoms with E-state index in [1.807, 2.05) is 11.5 Å². The van der Waals surface area contributed by atoms with Crippen molar-refractivity contribution in [3.63, 3.8) is 0 Å². The molecule has 1 aliphatic heterocycles. The van der Waals surface area contributed by atoms with Crippen LogP contribution in [-0.4, -0.2) is 33.8 Å². The van der Waals surface area contributed by atoms with Crippen molar-refractivity contribution in [1.82, 2.24) is 25.4 Å². The SMILES string of the molecule is CCNC(=O)c1nnc2n1CCNC2. The summed E-state index contributed by atoms with van der Waals surface area (Å²) in [6.45, 7) is 4.80. The van der Waals surface area contributed by atoms with Gasteiger partial charge < -0.3 is 15.2 Å². The second kappa shape index (κ2) is 3.75. The van der Waals surface area contributed by atoms with Gasteiger partial charge in [0.1, 0.15) is 5.82 Å². The molecule has 0 saturated carbocycles. The molecule has 1 amide bonds. The summed E-state index contributed by atoms with van der Waals surface area (Å²) in [6.07, 6.45) is 0. The molecule has 0 atom stereocenters. The number of carbonyl (C=O) groups is 1. The molecule has 0 unspecified atom stereocenters. The molecule has 0 fully saturated rings. The van der Waals surface area contributed by atoms with Gasteiger partial charge in [0.15, 0.2) is 0 Å². The third kappa shape index (κ3) is 1.48. The van der Waals surface area contributed by atoms with Crippen molar-refractivity contribution in [2.75, 3.05) is 13.1 Å². The first kappa shape index (κ1) is 9.14. The van der Waals surface area contributed by atoms with E-state index in [9.17, 15) is 4.79 Å². The molecule has 6 nitrogen and oxygen atoms in total. The van der Waals surface area contributed by atoms with Crippen LogP contribution >= 0.6 is 0 Å². The molecule has 0 saturated heterocycles. The Morgan fingerprint density at radius 3 is 3.29 bits per heavy atom. The van der Waals surface area contributed by atoms with Gasteiger partial charge in [0.25, 0.3) is 5.91 Å². The zero-order chi connectivity index (χ0) is 9.97. The van der Waals surface area contributed by atoms with Gasteiger partial charge in [-0.3, -0.25) is 4.79 Å². The van der Waals surface area contributed by atoms with Gasteiger partial charge in [-0.15, -0.1) is 10.2 Å².